The van der Waals surface area contributed by atoms with E-state index in [2.05, 4.69) is 31.1 Å². The Hall–Kier alpha value is -2.34. The van der Waals surface area contributed by atoms with Gasteiger partial charge >= 0.3 is 0 Å². The fraction of sp³-hybridized carbons (Fsp3) is 0.400. The first-order valence-corrected chi connectivity index (χ1v) is 11.5. The van der Waals surface area contributed by atoms with Gasteiger partial charge in [0, 0.05) is 44.3 Å². The van der Waals surface area contributed by atoms with Crippen LogP contribution < -0.4 is 21.9 Å². The lowest BCUT2D eigenvalue weighted by Crippen LogP contribution is -2.52. The van der Waals surface area contributed by atoms with E-state index in [1.54, 1.807) is 9.58 Å². The fourth-order valence-corrected chi connectivity index (χ4v) is 3.88. The number of carbonyl (C=O) groups excluding carboxylic acids is 1. The molecule has 0 spiro atoms. The zero-order chi connectivity index (χ0) is 24.9. The van der Waals surface area contributed by atoms with E-state index in [0.29, 0.717) is 23.8 Å². The number of piperidine rings is 1. The van der Waals surface area contributed by atoms with Gasteiger partial charge in [0.1, 0.15) is 4.60 Å². The SMILES string of the molecule is Cc1cc(Br)nn1C.Cc1cc(N2CC(Cl)CC(N)C2=O)nn1C.Nc1cc(Cl)c[nH]c1=O. The van der Waals surface area contributed by atoms with E-state index < -0.39 is 6.04 Å². The molecule has 1 aliphatic heterocycles. The van der Waals surface area contributed by atoms with Crippen LogP contribution in [0.2, 0.25) is 5.02 Å². The third-order valence-corrected chi connectivity index (χ3v) is 5.75. The molecule has 0 radical (unpaired) electrons. The van der Waals surface area contributed by atoms with Crippen molar-refractivity contribution in [2.75, 3.05) is 17.2 Å². The lowest BCUT2D eigenvalue weighted by atomic mass is 10.1. The number of carbonyl (C=O) groups is 1. The Morgan fingerprint density at radius 1 is 1.12 bits per heavy atom. The maximum atomic E-state index is 11.9. The Bertz CT molecular complexity index is 1120. The summed E-state index contributed by atoms with van der Waals surface area (Å²) in [5.74, 6) is 0.529. The van der Waals surface area contributed by atoms with Crippen molar-refractivity contribution in [2.24, 2.45) is 19.8 Å². The summed E-state index contributed by atoms with van der Waals surface area (Å²) in [4.78, 5) is 26.3. The smallest absolute Gasteiger partial charge is 0.271 e. The monoisotopic (exact) mass is 560 g/mol. The molecule has 4 rings (SSSR count). The van der Waals surface area contributed by atoms with E-state index in [4.69, 9.17) is 34.7 Å². The van der Waals surface area contributed by atoms with Crippen molar-refractivity contribution in [1.29, 1.82) is 0 Å². The van der Waals surface area contributed by atoms with Crippen molar-refractivity contribution in [3.63, 3.8) is 0 Å². The number of hydrogen-bond donors (Lipinski definition) is 3. The molecule has 3 aromatic rings. The summed E-state index contributed by atoms with van der Waals surface area (Å²) in [5, 5.41) is 8.64. The molecule has 3 aromatic heterocycles. The van der Waals surface area contributed by atoms with Gasteiger partial charge in [0.25, 0.3) is 5.56 Å². The highest BCUT2D eigenvalue weighted by molar-refractivity contribution is 9.10. The number of nitrogens with two attached hydrogens (primary N) is 2. The van der Waals surface area contributed by atoms with E-state index in [0.717, 1.165) is 16.0 Å². The molecule has 0 saturated carbocycles. The minimum absolute atomic E-state index is 0.102. The fourth-order valence-electron chi connectivity index (χ4n) is 2.81. The van der Waals surface area contributed by atoms with Crippen LogP contribution in [0.1, 0.15) is 17.8 Å². The summed E-state index contributed by atoms with van der Waals surface area (Å²) in [6, 6.07) is 4.72. The van der Waals surface area contributed by atoms with E-state index >= 15 is 0 Å². The minimum Gasteiger partial charge on any atom is -0.394 e. The Balaban J connectivity index is 0.000000192. The van der Waals surface area contributed by atoms with Gasteiger partial charge in [-0.05, 0) is 48.3 Å². The molecule has 1 fully saturated rings. The molecule has 1 amide bonds. The van der Waals surface area contributed by atoms with Crippen LogP contribution in [0, 0.1) is 13.8 Å². The molecule has 10 nitrogen and oxygen atoms in total. The van der Waals surface area contributed by atoms with E-state index in [1.165, 1.54) is 12.3 Å². The van der Waals surface area contributed by atoms with Crippen molar-refractivity contribution in [3.8, 4) is 0 Å². The van der Waals surface area contributed by atoms with Gasteiger partial charge in [0.2, 0.25) is 5.91 Å². The van der Waals surface area contributed by atoms with Gasteiger partial charge in [-0.3, -0.25) is 23.9 Å². The number of halogens is 3. The number of H-pyrrole nitrogens is 1. The minimum atomic E-state index is -0.515. The molecule has 5 N–H and O–H groups in total. The summed E-state index contributed by atoms with van der Waals surface area (Å²) in [7, 11) is 3.76. The normalized spacial score (nSPS) is 17.7. The molecule has 33 heavy (non-hydrogen) atoms. The number of hydrogen-bond acceptors (Lipinski definition) is 6. The topological polar surface area (TPSA) is 141 Å². The Kier molecular flexibility index (Phi) is 9.53. The van der Waals surface area contributed by atoms with Gasteiger partial charge in [-0.25, -0.2) is 0 Å². The third-order valence-electron chi connectivity index (χ3n) is 4.83. The standard InChI is InChI=1S/C10H15ClN4O.C5H7BrN2.C5H5ClN2O/c1-6-3-9(13-14(6)2)15-5-7(11)4-8(12)10(15)16;1-4-3-5(6)7-8(4)2;6-3-1-4(7)5(9)8-2-3/h3,7-8H,4-5,12H2,1-2H3;3H,1-2H3;1-2H,7H2,(H,8,9). The maximum absolute atomic E-state index is 11.9. The molecule has 0 aromatic carbocycles. The second-order valence-corrected chi connectivity index (χ2v) is 9.36. The first-order valence-electron chi connectivity index (χ1n) is 9.90. The molecule has 4 heterocycles. The number of nitrogens with zero attached hydrogens (tertiary/aromatic N) is 5. The summed E-state index contributed by atoms with van der Waals surface area (Å²) >= 11 is 14.8. The quantitative estimate of drug-likeness (QED) is 0.390. The van der Waals surface area contributed by atoms with Gasteiger partial charge in [-0.15, -0.1) is 11.6 Å². The molecule has 13 heteroatoms. The molecular weight excluding hydrogens is 535 g/mol. The highest BCUT2D eigenvalue weighted by Gasteiger charge is 2.33. The van der Waals surface area contributed by atoms with E-state index in [9.17, 15) is 9.59 Å². The summed E-state index contributed by atoms with van der Waals surface area (Å²) in [6.07, 6.45) is 1.92. The number of amides is 1. The van der Waals surface area contributed by atoms with Crippen molar-refractivity contribution in [2.45, 2.75) is 31.7 Å². The first kappa shape index (κ1) is 26.9. The molecule has 1 aliphatic rings. The maximum Gasteiger partial charge on any atom is 0.271 e. The number of aromatic amines is 1. The summed E-state index contributed by atoms with van der Waals surface area (Å²) in [5.41, 5.74) is 12.9. The second-order valence-electron chi connectivity index (χ2n) is 7.49. The van der Waals surface area contributed by atoms with Crippen LogP contribution in [0.25, 0.3) is 0 Å². The molecule has 0 bridgehead atoms. The summed E-state index contributed by atoms with van der Waals surface area (Å²) in [6.45, 7) is 4.42. The lowest BCUT2D eigenvalue weighted by Gasteiger charge is -2.31. The summed E-state index contributed by atoms with van der Waals surface area (Å²) < 4.78 is 4.45. The van der Waals surface area contributed by atoms with Gasteiger partial charge in [-0.2, -0.15) is 10.2 Å². The van der Waals surface area contributed by atoms with Crippen molar-refractivity contribution < 1.29 is 4.79 Å². The van der Waals surface area contributed by atoms with Crippen molar-refractivity contribution in [1.82, 2.24) is 24.5 Å². The van der Waals surface area contributed by atoms with Gasteiger partial charge < -0.3 is 16.5 Å². The zero-order valence-electron chi connectivity index (χ0n) is 18.7. The van der Waals surface area contributed by atoms with Gasteiger partial charge in [0.15, 0.2) is 5.82 Å². The van der Waals surface area contributed by atoms with Crippen LogP contribution in [0.5, 0.6) is 0 Å². The average Bonchev–Trinajstić information content (AvgIpc) is 3.21. The highest BCUT2D eigenvalue weighted by Crippen LogP contribution is 2.22. The third kappa shape index (κ3) is 7.60. The van der Waals surface area contributed by atoms with Crippen molar-refractivity contribution in [3.05, 3.63) is 55.8 Å². The zero-order valence-corrected chi connectivity index (χ0v) is 21.8. The predicted molar refractivity (Wildman–Crippen MR) is 135 cm³/mol. The number of anilines is 2. The number of alkyl halides is 1. The molecule has 180 valence electrons. The molecule has 2 unspecified atom stereocenters. The Morgan fingerprint density at radius 3 is 2.15 bits per heavy atom. The number of nitrogen functional groups attached to an aromatic ring is 1. The molecular formula is C20H27BrCl2N8O2. The molecule has 0 aliphatic carbocycles. The number of aryl methyl sites for hydroxylation is 4. The van der Waals surface area contributed by atoms with Gasteiger partial charge in [0.05, 0.1) is 22.1 Å². The van der Waals surface area contributed by atoms with Crippen LogP contribution in [-0.2, 0) is 18.9 Å². The van der Waals surface area contributed by atoms with E-state index in [1.807, 2.05) is 44.8 Å². The van der Waals surface area contributed by atoms with Crippen LogP contribution in [0.3, 0.4) is 0 Å². The number of pyridine rings is 1. The second kappa shape index (κ2) is 11.7. The molecule has 2 atom stereocenters. The van der Waals surface area contributed by atoms with Crippen LogP contribution in [0.4, 0.5) is 11.5 Å². The van der Waals surface area contributed by atoms with Crippen molar-refractivity contribution >= 4 is 56.5 Å². The van der Waals surface area contributed by atoms with Gasteiger partial charge in [-0.1, -0.05) is 11.6 Å². The van der Waals surface area contributed by atoms with Crippen LogP contribution >= 0.6 is 39.1 Å². The number of nitrogens with one attached hydrogen (secondary N) is 1. The van der Waals surface area contributed by atoms with Crippen LogP contribution in [0.15, 0.2) is 33.8 Å². The Labute approximate surface area is 210 Å². The lowest BCUT2D eigenvalue weighted by molar-refractivity contribution is -0.120. The number of aromatic nitrogens is 5. The van der Waals surface area contributed by atoms with E-state index in [-0.39, 0.29) is 22.5 Å². The largest absolute Gasteiger partial charge is 0.394 e. The molecule has 1 saturated heterocycles. The average molecular weight is 562 g/mol. The highest BCUT2D eigenvalue weighted by atomic mass is 79.9. The van der Waals surface area contributed by atoms with Crippen LogP contribution in [-0.4, -0.2) is 48.4 Å². The predicted octanol–water partition coefficient (Wildman–Crippen LogP) is 2.50. The Morgan fingerprint density at radius 2 is 1.73 bits per heavy atom. The first-order chi connectivity index (χ1) is 15.4. The number of rotatable bonds is 1.